The van der Waals surface area contributed by atoms with Gasteiger partial charge in [-0.2, -0.15) is 0 Å². The molecule has 2 aromatic rings. The monoisotopic (exact) mass is 265 g/mol. The van der Waals surface area contributed by atoms with Crippen molar-refractivity contribution in [2.75, 3.05) is 0 Å². The van der Waals surface area contributed by atoms with Crippen LogP contribution in [0.5, 0.6) is 0 Å². The standard InChI is InChI=1S/C14H17F2N3/c1-3-9(2)17-8-13-18-7-12(19-13)10-5-4-6-11(15)14(10)16/h4-7,9,17H,3,8H2,1-2H3,(H,18,19). The fraction of sp³-hybridized carbons (Fsp3) is 0.357. The number of hydrogen-bond donors (Lipinski definition) is 2. The lowest BCUT2D eigenvalue weighted by atomic mass is 10.1. The van der Waals surface area contributed by atoms with E-state index in [1.807, 2.05) is 0 Å². The van der Waals surface area contributed by atoms with Crippen LogP contribution in [0.4, 0.5) is 8.78 Å². The number of rotatable bonds is 5. The summed E-state index contributed by atoms with van der Waals surface area (Å²) in [5.74, 6) is -1.00. The van der Waals surface area contributed by atoms with Crippen molar-refractivity contribution in [2.45, 2.75) is 32.9 Å². The summed E-state index contributed by atoms with van der Waals surface area (Å²) in [6, 6.07) is 4.49. The largest absolute Gasteiger partial charge is 0.341 e. The third-order valence-corrected chi connectivity index (χ3v) is 3.10. The molecule has 0 amide bonds. The van der Waals surface area contributed by atoms with Gasteiger partial charge in [-0.05, 0) is 25.5 Å². The molecule has 1 aromatic carbocycles. The first kappa shape index (κ1) is 13.7. The van der Waals surface area contributed by atoms with Gasteiger partial charge in [0.25, 0.3) is 0 Å². The molecule has 1 aromatic heterocycles. The Morgan fingerprint density at radius 3 is 2.89 bits per heavy atom. The van der Waals surface area contributed by atoms with E-state index in [-0.39, 0.29) is 5.56 Å². The Balaban J connectivity index is 2.14. The lowest BCUT2D eigenvalue weighted by molar-refractivity contribution is 0.511. The molecule has 1 unspecified atom stereocenters. The van der Waals surface area contributed by atoms with Crippen LogP contribution in [0.25, 0.3) is 11.3 Å². The first-order valence-electron chi connectivity index (χ1n) is 6.33. The maximum absolute atomic E-state index is 13.6. The highest BCUT2D eigenvalue weighted by Crippen LogP contribution is 2.22. The van der Waals surface area contributed by atoms with E-state index in [1.54, 1.807) is 0 Å². The van der Waals surface area contributed by atoms with Gasteiger partial charge < -0.3 is 10.3 Å². The SMILES string of the molecule is CCC(C)NCc1ncc(-c2cccc(F)c2F)[nH]1. The maximum atomic E-state index is 13.6. The predicted octanol–water partition coefficient (Wildman–Crippen LogP) is 3.24. The van der Waals surface area contributed by atoms with Crippen LogP contribution in [0.15, 0.2) is 24.4 Å². The Bertz CT molecular complexity index is 551. The zero-order valence-electron chi connectivity index (χ0n) is 11.0. The lowest BCUT2D eigenvalue weighted by Crippen LogP contribution is -2.24. The number of benzene rings is 1. The van der Waals surface area contributed by atoms with Gasteiger partial charge >= 0.3 is 0 Å². The number of nitrogens with one attached hydrogen (secondary N) is 2. The molecule has 3 nitrogen and oxygen atoms in total. The van der Waals surface area contributed by atoms with Gasteiger partial charge in [-0.15, -0.1) is 0 Å². The molecular formula is C14H17F2N3. The average molecular weight is 265 g/mol. The summed E-state index contributed by atoms with van der Waals surface area (Å²) in [6.45, 7) is 4.75. The molecule has 1 atom stereocenters. The molecule has 0 aliphatic rings. The van der Waals surface area contributed by atoms with Crippen molar-refractivity contribution < 1.29 is 8.78 Å². The summed E-state index contributed by atoms with van der Waals surface area (Å²) in [5.41, 5.74) is 0.681. The van der Waals surface area contributed by atoms with Crippen molar-refractivity contribution in [3.63, 3.8) is 0 Å². The summed E-state index contributed by atoms with van der Waals surface area (Å²) in [6.07, 6.45) is 2.54. The number of aromatic nitrogens is 2. The predicted molar refractivity (Wildman–Crippen MR) is 70.5 cm³/mol. The summed E-state index contributed by atoms with van der Waals surface area (Å²) >= 11 is 0. The third kappa shape index (κ3) is 3.17. The van der Waals surface area contributed by atoms with Crippen LogP contribution in [0.2, 0.25) is 0 Å². The van der Waals surface area contributed by atoms with E-state index in [9.17, 15) is 8.78 Å². The zero-order valence-corrected chi connectivity index (χ0v) is 11.0. The second kappa shape index (κ2) is 5.93. The fourth-order valence-corrected chi connectivity index (χ4v) is 1.72. The van der Waals surface area contributed by atoms with E-state index < -0.39 is 11.6 Å². The first-order valence-corrected chi connectivity index (χ1v) is 6.33. The topological polar surface area (TPSA) is 40.7 Å². The molecule has 5 heteroatoms. The summed E-state index contributed by atoms with van der Waals surface area (Å²) in [4.78, 5) is 7.16. The van der Waals surface area contributed by atoms with Crippen LogP contribution in [-0.2, 0) is 6.54 Å². The highest BCUT2D eigenvalue weighted by atomic mass is 19.2. The van der Waals surface area contributed by atoms with Gasteiger partial charge in [0.05, 0.1) is 18.4 Å². The fourth-order valence-electron chi connectivity index (χ4n) is 1.72. The Hall–Kier alpha value is -1.75. The van der Waals surface area contributed by atoms with E-state index in [2.05, 4.69) is 29.1 Å². The van der Waals surface area contributed by atoms with Crippen molar-refractivity contribution in [1.29, 1.82) is 0 Å². The van der Waals surface area contributed by atoms with Crippen LogP contribution in [-0.4, -0.2) is 16.0 Å². The van der Waals surface area contributed by atoms with E-state index in [4.69, 9.17) is 0 Å². The molecular weight excluding hydrogens is 248 g/mol. The third-order valence-electron chi connectivity index (χ3n) is 3.10. The van der Waals surface area contributed by atoms with Crippen molar-refractivity contribution >= 4 is 0 Å². The molecule has 0 aliphatic carbocycles. The van der Waals surface area contributed by atoms with Gasteiger partial charge in [-0.3, -0.25) is 0 Å². The van der Waals surface area contributed by atoms with Gasteiger partial charge in [0.15, 0.2) is 11.6 Å². The molecule has 102 valence electrons. The molecule has 0 spiro atoms. The van der Waals surface area contributed by atoms with Gasteiger partial charge in [0.2, 0.25) is 0 Å². The van der Waals surface area contributed by atoms with Gasteiger partial charge in [-0.25, -0.2) is 13.8 Å². The number of nitrogens with zero attached hydrogens (tertiary/aromatic N) is 1. The minimum Gasteiger partial charge on any atom is -0.341 e. The Labute approximate surface area is 111 Å². The van der Waals surface area contributed by atoms with Gasteiger partial charge in [0.1, 0.15) is 5.82 Å². The Morgan fingerprint density at radius 2 is 2.16 bits per heavy atom. The molecule has 0 saturated carbocycles. The average Bonchev–Trinajstić information content (AvgIpc) is 2.87. The van der Waals surface area contributed by atoms with Crippen LogP contribution in [0.3, 0.4) is 0 Å². The number of aromatic amines is 1. The minimum absolute atomic E-state index is 0.197. The van der Waals surface area contributed by atoms with Crippen LogP contribution < -0.4 is 5.32 Å². The number of hydrogen-bond acceptors (Lipinski definition) is 2. The molecule has 19 heavy (non-hydrogen) atoms. The highest BCUT2D eigenvalue weighted by Gasteiger charge is 2.12. The van der Waals surface area contributed by atoms with E-state index in [0.717, 1.165) is 12.5 Å². The summed E-state index contributed by atoms with van der Waals surface area (Å²) in [7, 11) is 0. The van der Waals surface area contributed by atoms with E-state index in [1.165, 1.54) is 18.3 Å². The number of H-pyrrole nitrogens is 1. The van der Waals surface area contributed by atoms with Gasteiger partial charge in [0, 0.05) is 11.6 Å². The smallest absolute Gasteiger partial charge is 0.168 e. The van der Waals surface area contributed by atoms with E-state index in [0.29, 0.717) is 24.1 Å². The van der Waals surface area contributed by atoms with Crippen LogP contribution in [0.1, 0.15) is 26.1 Å². The van der Waals surface area contributed by atoms with Crippen molar-refractivity contribution in [3.05, 3.63) is 41.9 Å². The van der Waals surface area contributed by atoms with Crippen LogP contribution in [0, 0.1) is 11.6 Å². The van der Waals surface area contributed by atoms with Crippen molar-refractivity contribution in [3.8, 4) is 11.3 Å². The second-order valence-electron chi connectivity index (χ2n) is 4.54. The van der Waals surface area contributed by atoms with Crippen LogP contribution >= 0.6 is 0 Å². The molecule has 2 N–H and O–H groups in total. The first-order chi connectivity index (χ1) is 9.11. The molecule has 0 aliphatic heterocycles. The molecule has 1 heterocycles. The lowest BCUT2D eigenvalue weighted by Gasteiger charge is -2.09. The molecule has 2 rings (SSSR count). The highest BCUT2D eigenvalue weighted by molar-refractivity contribution is 5.59. The maximum Gasteiger partial charge on any atom is 0.168 e. The number of imidazole rings is 1. The van der Waals surface area contributed by atoms with Gasteiger partial charge in [-0.1, -0.05) is 13.0 Å². The molecule has 0 fully saturated rings. The van der Waals surface area contributed by atoms with E-state index >= 15 is 0 Å². The normalized spacial score (nSPS) is 12.6. The zero-order chi connectivity index (χ0) is 13.8. The van der Waals surface area contributed by atoms with Crippen molar-refractivity contribution in [1.82, 2.24) is 15.3 Å². The summed E-state index contributed by atoms with van der Waals surface area (Å²) in [5, 5.41) is 3.28. The molecule has 0 bridgehead atoms. The molecule has 0 saturated heterocycles. The van der Waals surface area contributed by atoms with Crippen molar-refractivity contribution in [2.24, 2.45) is 0 Å². The Morgan fingerprint density at radius 1 is 1.37 bits per heavy atom. The Kier molecular flexibility index (Phi) is 4.27. The quantitative estimate of drug-likeness (QED) is 0.871. The number of halogens is 2. The molecule has 0 radical (unpaired) electrons. The second-order valence-corrected chi connectivity index (χ2v) is 4.54. The summed E-state index contributed by atoms with van der Waals surface area (Å²) < 4.78 is 26.8. The minimum atomic E-state index is -0.855.